The fourth-order valence-electron chi connectivity index (χ4n) is 5.33. The van der Waals surface area contributed by atoms with Crippen molar-refractivity contribution >= 4 is 40.4 Å². The van der Waals surface area contributed by atoms with Gasteiger partial charge in [0.15, 0.2) is 0 Å². The van der Waals surface area contributed by atoms with Crippen molar-refractivity contribution in [1.29, 1.82) is 5.41 Å². The molecule has 2 aromatic rings. The van der Waals surface area contributed by atoms with Crippen LogP contribution in [-0.2, 0) is 14.4 Å². The first-order chi connectivity index (χ1) is 20.4. The zero-order chi connectivity index (χ0) is 29.6. The van der Waals surface area contributed by atoms with Crippen molar-refractivity contribution in [2.45, 2.75) is 18.5 Å². The number of carbonyl (C=O) groups is 1. The van der Waals surface area contributed by atoms with Gasteiger partial charge in [-0.25, -0.2) is 10.9 Å². The number of anilines is 3. The number of carbonyl (C=O) groups excluding carboxylic acids is 1. The average molecular weight is 597 g/mol. The lowest BCUT2D eigenvalue weighted by Crippen LogP contribution is -2.56. The summed E-state index contributed by atoms with van der Waals surface area (Å²) in [5.41, 5.74) is 5.54. The summed E-state index contributed by atoms with van der Waals surface area (Å²) in [5, 5.41) is 17.0. The Labute approximate surface area is 250 Å². The van der Waals surface area contributed by atoms with Crippen LogP contribution in [0.15, 0.2) is 61.0 Å². The number of hydrogen-bond donors (Lipinski definition) is 5. The molecule has 3 aliphatic rings. The molecular formula is C29H37ClN8O4. The maximum atomic E-state index is 12.4. The Kier molecular flexibility index (Phi) is 9.50. The SMILES string of the molecule is C=CC(=O)Nc1cc(N/C(=C/C(=N)N2OCC[C@@H]2c2cccc(Cl)c2)NN)c(OC)cc1N1CCN(C2COC2)CC1. The predicted octanol–water partition coefficient (Wildman–Crippen LogP) is 3.07. The van der Waals surface area contributed by atoms with Gasteiger partial charge in [-0.15, -0.1) is 0 Å². The van der Waals surface area contributed by atoms with E-state index in [0.29, 0.717) is 47.0 Å². The van der Waals surface area contributed by atoms with Crippen LogP contribution in [0.1, 0.15) is 18.0 Å². The first kappa shape index (κ1) is 29.7. The summed E-state index contributed by atoms with van der Waals surface area (Å²) < 4.78 is 11.1. The number of hydroxylamine groups is 2. The molecule has 224 valence electrons. The molecule has 0 aliphatic carbocycles. The first-order valence-electron chi connectivity index (χ1n) is 13.8. The van der Waals surface area contributed by atoms with E-state index in [2.05, 4.69) is 32.4 Å². The lowest BCUT2D eigenvalue weighted by atomic mass is 10.0. The summed E-state index contributed by atoms with van der Waals surface area (Å²) in [6.45, 7) is 9.00. The van der Waals surface area contributed by atoms with Crippen LogP contribution in [0.2, 0.25) is 5.02 Å². The zero-order valence-electron chi connectivity index (χ0n) is 23.6. The van der Waals surface area contributed by atoms with Gasteiger partial charge in [-0.05, 0) is 29.8 Å². The molecule has 3 saturated heterocycles. The van der Waals surface area contributed by atoms with Crippen molar-refractivity contribution in [2.75, 3.05) is 68.6 Å². The summed E-state index contributed by atoms with van der Waals surface area (Å²) in [4.78, 5) is 22.8. The number of benzene rings is 2. The molecule has 0 spiro atoms. The van der Waals surface area contributed by atoms with Crippen molar-refractivity contribution in [3.05, 3.63) is 71.5 Å². The van der Waals surface area contributed by atoms with Crippen LogP contribution in [-0.4, -0.2) is 80.9 Å². The maximum Gasteiger partial charge on any atom is 0.247 e. The molecule has 13 heteroatoms. The molecule has 0 bridgehead atoms. The summed E-state index contributed by atoms with van der Waals surface area (Å²) in [7, 11) is 1.58. The number of halogens is 1. The zero-order valence-corrected chi connectivity index (χ0v) is 24.3. The summed E-state index contributed by atoms with van der Waals surface area (Å²) >= 11 is 6.20. The van der Waals surface area contributed by atoms with Gasteiger partial charge in [0, 0.05) is 49.8 Å². The van der Waals surface area contributed by atoms with Gasteiger partial charge < -0.3 is 30.4 Å². The van der Waals surface area contributed by atoms with Crippen LogP contribution in [0, 0.1) is 5.41 Å². The van der Waals surface area contributed by atoms with Crippen molar-refractivity contribution in [3.8, 4) is 5.75 Å². The predicted molar refractivity (Wildman–Crippen MR) is 164 cm³/mol. The second-order valence-corrected chi connectivity index (χ2v) is 10.6. The lowest BCUT2D eigenvalue weighted by Gasteiger charge is -2.43. The minimum absolute atomic E-state index is 0.0865. The quantitative estimate of drug-likeness (QED) is 0.0914. The van der Waals surface area contributed by atoms with Crippen molar-refractivity contribution in [1.82, 2.24) is 15.4 Å². The third kappa shape index (κ3) is 6.63. The first-order valence-corrected chi connectivity index (χ1v) is 14.2. The number of nitrogens with two attached hydrogens (primary N) is 1. The molecule has 1 atom stereocenters. The Balaban J connectivity index is 1.37. The number of ether oxygens (including phenoxy) is 2. The van der Waals surface area contributed by atoms with E-state index < -0.39 is 0 Å². The van der Waals surface area contributed by atoms with Gasteiger partial charge in [-0.2, -0.15) is 0 Å². The lowest BCUT2D eigenvalue weighted by molar-refractivity contribution is -0.111. The Hall–Kier alpha value is -3.81. The topological polar surface area (TPSA) is 140 Å². The number of amides is 1. The molecule has 12 nitrogen and oxygen atoms in total. The molecule has 0 aromatic heterocycles. The number of methoxy groups -OCH3 is 1. The Morgan fingerprint density at radius 3 is 2.60 bits per heavy atom. The van der Waals surface area contributed by atoms with E-state index in [9.17, 15) is 4.79 Å². The summed E-state index contributed by atoms with van der Waals surface area (Å²) in [6, 6.07) is 11.5. The standard InChI is InChI=1S/C29H37ClN8O4/c1-3-29(39)34-22-14-23(26(40-2)15-25(22)37-10-8-36(9-11-37)21-17-41-18-21)33-28(35-32)16-27(31)38-24(7-12-42-38)19-5-4-6-20(30)13-19/h3-6,13-16,21,24,31,33,35H,1,7-12,17-18,32H2,2H3,(H,34,39)/b28-16-,31-27?/t24-/m1/s1. The number of rotatable bonds is 10. The molecule has 0 radical (unpaired) electrons. The molecule has 3 aliphatic heterocycles. The van der Waals surface area contributed by atoms with Crippen LogP contribution in [0.25, 0.3) is 0 Å². The summed E-state index contributed by atoms with van der Waals surface area (Å²) in [6.07, 6.45) is 3.47. The van der Waals surface area contributed by atoms with E-state index in [4.69, 9.17) is 37.2 Å². The largest absolute Gasteiger partial charge is 0.494 e. The van der Waals surface area contributed by atoms with Gasteiger partial charge in [0.25, 0.3) is 0 Å². The highest BCUT2D eigenvalue weighted by atomic mass is 35.5. The van der Waals surface area contributed by atoms with Gasteiger partial charge in [-0.1, -0.05) is 30.3 Å². The minimum Gasteiger partial charge on any atom is -0.494 e. The van der Waals surface area contributed by atoms with E-state index in [-0.39, 0.29) is 17.8 Å². The van der Waals surface area contributed by atoms with Crippen LogP contribution in [0.4, 0.5) is 17.1 Å². The van der Waals surface area contributed by atoms with Crippen LogP contribution >= 0.6 is 11.6 Å². The van der Waals surface area contributed by atoms with Gasteiger partial charge >= 0.3 is 0 Å². The molecule has 2 aromatic carbocycles. The highest BCUT2D eigenvalue weighted by molar-refractivity contribution is 6.30. The van der Waals surface area contributed by atoms with Crippen LogP contribution in [0.5, 0.6) is 5.75 Å². The minimum atomic E-state index is -0.328. The molecule has 3 heterocycles. The Morgan fingerprint density at radius 2 is 1.95 bits per heavy atom. The molecule has 0 unspecified atom stereocenters. The second kappa shape index (κ2) is 13.4. The van der Waals surface area contributed by atoms with E-state index >= 15 is 0 Å². The highest BCUT2D eigenvalue weighted by Gasteiger charge is 2.31. The van der Waals surface area contributed by atoms with Crippen LogP contribution < -0.4 is 31.5 Å². The fraction of sp³-hybridized carbons (Fsp3) is 0.379. The normalized spacial score (nSPS) is 19.7. The maximum absolute atomic E-state index is 12.4. The van der Waals surface area contributed by atoms with Gasteiger partial charge in [0.2, 0.25) is 5.91 Å². The number of piperazine rings is 1. The van der Waals surface area contributed by atoms with Crippen LogP contribution in [0.3, 0.4) is 0 Å². The molecule has 0 saturated carbocycles. The second-order valence-electron chi connectivity index (χ2n) is 10.2. The van der Waals surface area contributed by atoms with Gasteiger partial charge in [0.1, 0.15) is 17.4 Å². The third-order valence-corrected chi connectivity index (χ3v) is 7.87. The summed E-state index contributed by atoms with van der Waals surface area (Å²) in [5.74, 6) is 6.49. The molecule has 42 heavy (non-hydrogen) atoms. The number of nitrogens with one attached hydrogen (secondary N) is 4. The monoisotopic (exact) mass is 596 g/mol. The Bertz CT molecular complexity index is 1340. The number of nitrogens with zero attached hydrogens (tertiary/aromatic N) is 3. The van der Waals surface area contributed by atoms with Crippen molar-refractivity contribution in [2.24, 2.45) is 5.84 Å². The number of amidine groups is 1. The average Bonchev–Trinajstić information content (AvgIpc) is 3.47. The molecule has 3 fully saturated rings. The molecule has 5 rings (SSSR count). The van der Waals surface area contributed by atoms with E-state index in [1.54, 1.807) is 13.2 Å². The molecule has 6 N–H and O–H groups in total. The fourth-order valence-corrected chi connectivity index (χ4v) is 5.52. The number of hydrogen-bond acceptors (Lipinski definition) is 10. The molecule has 1 amide bonds. The van der Waals surface area contributed by atoms with Crippen molar-refractivity contribution in [3.63, 3.8) is 0 Å². The number of hydrazine groups is 1. The van der Waals surface area contributed by atoms with E-state index in [1.807, 2.05) is 30.3 Å². The third-order valence-electron chi connectivity index (χ3n) is 7.63. The smallest absolute Gasteiger partial charge is 0.247 e. The molecular weight excluding hydrogens is 560 g/mol. The highest BCUT2D eigenvalue weighted by Crippen LogP contribution is 2.38. The Morgan fingerprint density at radius 1 is 1.17 bits per heavy atom. The van der Waals surface area contributed by atoms with Gasteiger partial charge in [-0.3, -0.25) is 19.9 Å². The van der Waals surface area contributed by atoms with Crippen molar-refractivity contribution < 1.29 is 19.1 Å². The van der Waals surface area contributed by atoms with Gasteiger partial charge in [0.05, 0.1) is 56.1 Å². The van der Waals surface area contributed by atoms with E-state index in [1.165, 1.54) is 17.2 Å². The van der Waals surface area contributed by atoms with E-state index in [0.717, 1.165) is 50.6 Å².